The number of amides is 1. The van der Waals surface area contributed by atoms with E-state index < -0.39 is 0 Å². The van der Waals surface area contributed by atoms with E-state index in [0.717, 1.165) is 13.0 Å². The van der Waals surface area contributed by atoms with E-state index in [4.69, 9.17) is 0 Å². The molecule has 0 heterocycles. The molecule has 1 amide bonds. The van der Waals surface area contributed by atoms with Crippen LogP contribution in [0.15, 0.2) is 48.5 Å². The summed E-state index contributed by atoms with van der Waals surface area (Å²) in [6, 6.07) is 17.7. The molecule has 3 aliphatic carbocycles. The number of benzene rings is 2. The number of fused-ring (bicyclic) bond motifs is 1. The van der Waals surface area contributed by atoms with Crippen LogP contribution in [0.4, 0.5) is 0 Å². The maximum absolute atomic E-state index is 12.0. The molecule has 0 saturated heterocycles. The zero-order chi connectivity index (χ0) is 16.0. The van der Waals surface area contributed by atoms with Crippen LogP contribution in [0.1, 0.15) is 54.4 Å². The molecule has 2 bridgehead atoms. The van der Waals surface area contributed by atoms with Crippen molar-refractivity contribution >= 4 is 5.91 Å². The smallest absolute Gasteiger partial charge is 0.222 e. The first-order valence-electron chi connectivity index (χ1n) is 8.62. The molecule has 0 saturated carbocycles. The first kappa shape index (κ1) is 14.5. The Morgan fingerprint density at radius 1 is 1.00 bits per heavy atom. The SMILES string of the molecule is CC(C)C(=O)NCC1CC2c3ccccc3C1c1ccccc12. The number of carbonyl (C=O) groups excluding carboxylic acids is 1. The van der Waals surface area contributed by atoms with Crippen LogP contribution in [-0.4, -0.2) is 12.5 Å². The second kappa shape index (κ2) is 5.52. The number of nitrogens with one attached hydrogen (secondary N) is 1. The molecule has 2 aromatic rings. The molecule has 0 radical (unpaired) electrons. The summed E-state index contributed by atoms with van der Waals surface area (Å²) in [4.78, 5) is 12.0. The number of rotatable bonds is 3. The van der Waals surface area contributed by atoms with Crippen LogP contribution in [0.3, 0.4) is 0 Å². The summed E-state index contributed by atoms with van der Waals surface area (Å²) in [5, 5.41) is 3.16. The van der Waals surface area contributed by atoms with Crippen molar-refractivity contribution in [2.75, 3.05) is 6.54 Å². The summed E-state index contributed by atoms with van der Waals surface area (Å²) in [7, 11) is 0. The fourth-order valence-electron chi connectivity index (χ4n) is 4.40. The third-order valence-electron chi connectivity index (χ3n) is 5.49. The van der Waals surface area contributed by atoms with Gasteiger partial charge in [-0.05, 0) is 34.6 Å². The maximum Gasteiger partial charge on any atom is 0.222 e. The van der Waals surface area contributed by atoms with Crippen molar-refractivity contribution < 1.29 is 4.79 Å². The van der Waals surface area contributed by atoms with E-state index in [1.165, 1.54) is 22.3 Å². The molecule has 5 rings (SSSR count). The van der Waals surface area contributed by atoms with Crippen LogP contribution in [0, 0.1) is 11.8 Å². The summed E-state index contributed by atoms with van der Waals surface area (Å²) in [5.41, 5.74) is 5.91. The average Bonchev–Trinajstić information content (AvgIpc) is 2.59. The minimum atomic E-state index is 0.0513. The highest BCUT2D eigenvalue weighted by atomic mass is 16.1. The average molecular weight is 305 g/mol. The van der Waals surface area contributed by atoms with Gasteiger partial charge in [-0.1, -0.05) is 62.4 Å². The van der Waals surface area contributed by atoms with Crippen molar-refractivity contribution in [3.05, 3.63) is 70.8 Å². The highest BCUT2D eigenvalue weighted by Gasteiger charge is 2.42. The van der Waals surface area contributed by atoms with E-state index in [1.807, 2.05) is 13.8 Å². The second-order valence-corrected chi connectivity index (χ2v) is 7.18. The summed E-state index contributed by atoms with van der Waals surface area (Å²) in [6.45, 7) is 4.68. The van der Waals surface area contributed by atoms with Gasteiger partial charge in [0.15, 0.2) is 0 Å². The highest BCUT2D eigenvalue weighted by molar-refractivity contribution is 5.77. The molecule has 2 heteroatoms. The van der Waals surface area contributed by atoms with Crippen molar-refractivity contribution in [2.45, 2.75) is 32.1 Å². The van der Waals surface area contributed by atoms with Crippen molar-refractivity contribution in [1.29, 1.82) is 0 Å². The highest BCUT2D eigenvalue weighted by Crippen LogP contribution is 2.55. The van der Waals surface area contributed by atoms with Crippen molar-refractivity contribution in [2.24, 2.45) is 11.8 Å². The molecule has 1 N–H and O–H groups in total. The lowest BCUT2D eigenvalue weighted by Crippen LogP contribution is -2.40. The lowest BCUT2D eigenvalue weighted by molar-refractivity contribution is -0.124. The number of hydrogen-bond donors (Lipinski definition) is 1. The molecular formula is C21H23NO. The Hall–Kier alpha value is -2.09. The largest absolute Gasteiger partial charge is 0.356 e. The Morgan fingerprint density at radius 2 is 1.52 bits per heavy atom. The third-order valence-corrected chi connectivity index (χ3v) is 5.49. The van der Waals surface area contributed by atoms with Gasteiger partial charge in [0.2, 0.25) is 5.91 Å². The van der Waals surface area contributed by atoms with Crippen molar-refractivity contribution in [1.82, 2.24) is 5.32 Å². The summed E-state index contributed by atoms with van der Waals surface area (Å²) in [5.74, 6) is 1.60. The van der Waals surface area contributed by atoms with Gasteiger partial charge in [0, 0.05) is 24.3 Å². The van der Waals surface area contributed by atoms with Gasteiger partial charge in [-0.2, -0.15) is 0 Å². The van der Waals surface area contributed by atoms with E-state index in [-0.39, 0.29) is 11.8 Å². The zero-order valence-electron chi connectivity index (χ0n) is 13.8. The Kier molecular flexibility index (Phi) is 3.48. The monoisotopic (exact) mass is 305 g/mol. The lowest BCUT2D eigenvalue weighted by Gasteiger charge is -2.45. The third kappa shape index (κ3) is 2.28. The second-order valence-electron chi connectivity index (χ2n) is 7.18. The molecule has 1 unspecified atom stereocenters. The van der Waals surface area contributed by atoms with Gasteiger partial charge in [0.05, 0.1) is 0 Å². The molecule has 23 heavy (non-hydrogen) atoms. The summed E-state index contributed by atoms with van der Waals surface area (Å²) < 4.78 is 0. The minimum Gasteiger partial charge on any atom is -0.356 e. The number of carbonyl (C=O) groups is 1. The lowest BCUT2D eigenvalue weighted by atomic mass is 9.59. The van der Waals surface area contributed by atoms with Crippen LogP contribution in [0.5, 0.6) is 0 Å². The molecule has 118 valence electrons. The molecule has 3 aliphatic rings. The standard InChI is InChI=1S/C21H23NO/c1-13(2)21(23)22-12-14-11-19-15-7-3-5-9-17(15)20(14)18-10-6-4-8-16(18)19/h3-10,13-14,19-20H,11-12H2,1-2H3,(H,22,23). The van der Waals surface area contributed by atoms with E-state index >= 15 is 0 Å². The minimum absolute atomic E-state index is 0.0513. The summed E-state index contributed by atoms with van der Waals surface area (Å²) >= 11 is 0. The first-order chi connectivity index (χ1) is 11.2. The Balaban J connectivity index is 1.70. The normalized spacial score (nSPS) is 24.2. The van der Waals surface area contributed by atoms with Gasteiger partial charge in [0.25, 0.3) is 0 Å². The van der Waals surface area contributed by atoms with Gasteiger partial charge in [-0.25, -0.2) is 0 Å². The topological polar surface area (TPSA) is 29.1 Å². The van der Waals surface area contributed by atoms with Crippen LogP contribution < -0.4 is 5.32 Å². The van der Waals surface area contributed by atoms with Crippen molar-refractivity contribution in [3.8, 4) is 0 Å². The van der Waals surface area contributed by atoms with E-state index in [0.29, 0.717) is 17.8 Å². The molecule has 0 aromatic heterocycles. The van der Waals surface area contributed by atoms with E-state index in [2.05, 4.69) is 53.8 Å². The molecule has 2 nitrogen and oxygen atoms in total. The first-order valence-corrected chi connectivity index (χ1v) is 8.62. The van der Waals surface area contributed by atoms with Gasteiger partial charge >= 0.3 is 0 Å². The molecule has 2 aromatic carbocycles. The summed E-state index contributed by atoms with van der Waals surface area (Å²) in [6.07, 6.45) is 1.14. The number of hydrogen-bond acceptors (Lipinski definition) is 1. The molecule has 0 spiro atoms. The van der Waals surface area contributed by atoms with Crippen LogP contribution in [-0.2, 0) is 4.79 Å². The fraction of sp³-hybridized carbons (Fsp3) is 0.381. The molecule has 0 aliphatic heterocycles. The van der Waals surface area contributed by atoms with E-state index in [1.54, 1.807) is 0 Å². The maximum atomic E-state index is 12.0. The van der Waals surface area contributed by atoms with Gasteiger partial charge in [-0.3, -0.25) is 4.79 Å². The van der Waals surface area contributed by atoms with Gasteiger partial charge in [-0.15, -0.1) is 0 Å². The van der Waals surface area contributed by atoms with Gasteiger partial charge < -0.3 is 5.32 Å². The van der Waals surface area contributed by atoms with Crippen molar-refractivity contribution in [3.63, 3.8) is 0 Å². The van der Waals surface area contributed by atoms with E-state index in [9.17, 15) is 4.79 Å². The quantitative estimate of drug-likeness (QED) is 0.910. The van der Waals surface area contributed by atoms with Crippen LogP contribution >= 0.6 is 0 Å². The van der Waals surface area contributed by atoms with Crippen LogP contribution in [0.2, 0.25) is 0 Å². The molecule has 0 fully saturated rings. The Morgan fingerprint density at radius 3 is 2.04 bits per heavy atom. The predicted molar refractivity (Wildman–Crippen MR) is 92.5 cm³/mol. The predicted octanol–water partition coefficient (Wildman–Crippen LogP) is 4.06. The zero-order valence-corrected chi connectivity index (χ0v) is 13.8. The Bertz CT molecular complexity index is 702. The molecular weight excluding hydrogens is 282 g/mol. The fourth-order valence-corrected chi connectivity index (χ4v) is 4.40. The Labute approximate surface area is 137 Å². The van der Waals surface area contributed by atoms with Gasteiger partial charge in [0.1, 0.15) is 0 Å². The molecule has 1 atom stereocenters. The van der Waals surface area contributed by atoms with Crippen LogP contribution in [0.25, 0.3) is 0 Å².